The second-order valence-electron chi connectivity index (χ2n) is 8.13. The molecule has 2 atom stereocenters. The molecular formula is C25H26F3N3O2. The molecule has 33 heavy (non-hydrogen) atoms. The molecule has 0 aromatic heterocycles. The van der Waals surface area contributed by atoms with Gasteiger partial charge in [-0.2, -0.15) is 13.2 Å². The fourth-order valence-corrected chi connectivity index (χ4v) is 4.11. The molecular weight excluding hydrogens is 431 g/mol. The van der Waals surface area contributed by atoms with Crippen molar-refractivity contribution in [3.63, 3.8) is 0 Å². The van der Waals surface area contributed by atoms with Crippen molar-refractivity contribution in [3.8, 4) is 0 Å². The van der Waals surface area contributed by atoms with Crippen LogP contribution in [0.5, 0.6) is 0 Å². The van der Waals surface area contributed by atoms with Crippen molar-refractivity contribution >= 4 is 22.5 Å². The minimum Gasteiger partial charge on any atom is -0.377 e. The Balaban J connectivity index is 1.42. The number of rotatable bonds is 5. The molecule has 2 amide bonds. The van der Waals surface area contributed by atoms with Gasteiger partial charge in [0.1, 0.15) is 0 Å². The molecule has 1 aliphatic rings. The summed E-state index contributed by atoms with van der Waals surface area (Å²) in [4.78, 5) is 14.5. The first-order valence-electron chi connectivity index (χ1n) is 10.9. The molecule has 1 fully saturated rings. The minimum absolute atomic E-state index is 0.0337. The Kier molecular flexibility index (Phi) is 6.85. The number of carbonyl (C=O) groups is 1. The summed E-state index contributed by atoms with van der Waals surface area (Å²) in [5.41, 5.74) is 0.464. The highest BCUT2D eigenvalue weighted by atomic mass is 19.4. The van der Waals surface area contributed by atoms with Gasteiger partial charge in [-0.3, -0.25) is 0 Å². The number of alkyl halides is 3. The van der Waals surface area contributed by atoms with Gasteiger partial charge in [-0.05, 0) is 41.5 Å². The Bertz CT molecular complexity index is 1110. The molecule has 3 aromatic rings. The maximum Gasteiger partial charge on any atom is 0.416 e. The zero-order valence-corrected chi connectivity index (χ0v) is 18.2. The molecule has 1 heterocycles. The topological polar surface area (TPSA) is 53.6 Å². The van der Waals surface area contributed by atoms with Crippen LogP contribution in [0.25, 0.3) is 10.8 Å². The van der Waals surface area contributed by atoms with Crippen LogP contribution in [-0.2, 0) is 10.9 Å². The molecule has 2 N–H and O–H groups in total. The van der Waals surface area contributed by atoms with Crippen LogP contribution >= 0.6 is 0 Å². The van der Waals surface area contributed by atoms with Crippen molar-refractivity contribution in [2.75, 3.05) is 31.6 Å². The highest BCUT2D eigenvalue weighted by molar-refractivity contribution is 5.89. The third-order valence-electron chi connectivity index (χ3n) is 5.88. The van der Waals surface area contributed by atoms with Crippen molar-refractivity contribution in [2.24, 2.45) is 0 Å². The van der Waals surface area contributed by atoms with Crippen LogP contribution in [0, 0.1) is 0 Å². The van der Waals surface area contributed by atoms with Crippen molar-refractivity contribution in [2.45, 2.75) is 25.2 Å². The lowest BCUT2D eigenvalue weighted by atomic mass is 9.99. The number of halogens is 3. The smallest absolute Gasteiger partial charge is 0.377 e. The molecule has 0 aliphatic carbocycles. The van der Waals surface area contributed by atoms with E-state index in [4.69, 9.17) is 4.74 Å². The van der Waals surface area contributed by atoms with Gasteiger partial charge in [0.25, 0.3) is 0 Å². The largest absolute Gasteiger partial charge is 0.416 e. The van der Waals surface area contributed by atoms with Gasteiger partial charge in [-0.25, -0.2) is 4.79 Å². The van der Waals surface area contributed by atoms with E-state index in [1.54, 1.807) is 4.90 Å². The number of morpholine rings is 1. The zero-order valence-electron chi connectivity index (χ0n) is 18.2. The number of nitrogens with zero attached hydrogens (tertiary/aromatic N) is 1. The Hall–Kier alpha value is -3.10. The van der Waals surface area contributed by atoms with Gasteiger partial charge in [0, 0.05) is 24.8 Å². The molecule has 4 rings (SSSR count). The molecule has 1 aliphatic heterocycles. The predicted octanol–water partition coefficient (Wildman–Crippen LogP) is 5.44. The van der Waals surface area contributed by atoms with Crippen molar-refractivity contribution in [1.82, 2.24) is 10.2 Å². The lowest BCUT2D eigenvalue weighted by Gasteiger charge is -2.36. The van der Waals surface area contributed by atoms with E-state index in [9.17, 15) is 18.0 Å². The Morgan fingerprint density at radius 2 is 1.88 bits per heavy atom. The summed E-state index contributed by atoms with van der Waals surface area (Å²) in [7, 11) is 0. The first-order chi connectivity index (χ1) is 15.8. The average molecular weight is 457 g/mol. The number of benzene rings is 3. The number of nitrogens with one attached hydrogen (secondary N) is 2. The molecule has 1 saturated heterocycles. The normalized spacial score (nSPS) is 17.7. The SMILES string of the molecule is C[C@@H](NCC1COCCN1C(=O)Nc1cccc(C(F)(F)F)c1)c1cccc2ccccc12. The van der Waals surface area contributed by atoms with Gasteiger partial charge >= 0.3 is 12.2 Å². The number of anilines is 1. The summed E-state index contributed by atoms with van der Waals surface area (Å²) < 4.78 is 44.5. The van der Waals surface area contributed by atoms with Crippen LogP contribution in [0.15, 0.2) is 66.7 Å². The quantitative estimate of drug-likeness (QED) is 0.536. The van der Waals surface area contributed by atoms with E-state index in [0.29, 0.717) is 26.3 Å². The van der Waals surface area contributed by atoms with Crippen LogP contribution in [0.4, 0.5) is 23.7 Å². The lowest BCUT2D eigenvalue weighted by molar-refractivity contribution is -0.137. The van der Waals surface area contributed by atoms with Gasteiger partial charge in [0.15, 0.2) is 0 Å². The predicted molar refractivity (Wildman–Crippen MR) is 122 cm³/mol. The van der Waals surface area contributed by atoms with E-state index in [-0.39, 0.29) is 17.8 Å². The third kappa shape index (κ3) is 5.46. The number of fused-ring (bicyclic) bond motifs is 1. The maximum atomic E-state index is 13.0. The Morgan fingerprint density at radius 3 is 2.70 bits per heavy atom. The summed E-state index contributed by atoms with van der Waals surface area (Å²) in [6, 6.07) is 18.3. The molecule has 174 valence electrons. The molecule has 3 aromatic carbocycles. The Morgan fingerprint density at radius 1 is 1.12 bits per heavy atom. The fourth-order valence-electron chi connectivity index (χ4n) is 4.11. The molecule has 8 heteroatoms. The van der Waals surface area contributed by atoms with Crippen molar-refractivity contribution < 1.29 is 22.7 Å². The summed E-state index contributed by atoms with van der Waals surface area (Å²) in [5, 5.41) is 8.41. The van der Waals surface area contributed by atoms with Crippen molar-refractivity contribution in [1.29, 1.82) is 0 Å². The molecule has 0 bridgehead atoms. The van der Waals surface area contributed by atoms with Crippen LogP contribution in [0.1, 0.15) is 24.1 Å². The molecule has 0 spiro atoms. The molecule has 5 nitrogen and oxygen atoms in total. The third-order valence-corrected chi connectivity index (χ3v) is 5.88. The minimum atomic E-state index is -4.47. The molecule has 0 radical (unpaired) electrons. The average Bonchev–Trinajstić information content (AvgIpc) is 2.82. The molecule has 1 unspecified atom stereocenters. The number of hydrogen-bond acceptors (Lipinski definition) is 3. The molecule has 0 saturated carbocycles. The van der Waals surface area contributed by atoms with E-state index in [1.165, 1.54) is 17.5 Å². The second kappa shape index (κ2) is 9.80. The number of ether oxygens (including phenoxy) is 1. The summed E-state index contributed by atoms with van der Waals surface area (Å²) >= 11 is 0. The van der Waals surface area contributed by atoms with Gasteiger partial charge in [0.2, 0.25) is 0 Å². The number of urea groups is 1. The number of carbonyl (C=O) groups excluding carboxylic acids is 1. The van der Waals surface area contributed by atoms with Crippen LogP contribution in [0.2, 0.25) is 0 Å². The highest BCUT2D eigenvalue weighted by Crippen LogP contribution is 2.31. The van der Waals surface area contributed by atoms with Gasteiger partial charge in [-0.1, -0.05) is 48.5 Å². The van der Waals surface area contributed by atoms with Crippen LogP contribution < -0.4 is 10.6 Å². The highest BCUT2D eigenvalue weighted by Gasteiger charge is 2.31. The van der Waals surface area contributed by atoms with Crippen LogP contribution in [0.3, 0.4) is 0 Å². The van der Waals surface area contributed by atoms with Crippen molar-refractivity contribution in [3.05, 3.63) is 77.9 Å². The first kappa shape index (κ1) is 23.1. The van der Waals surface area contributed by atoms with E-state index >= 15 is 0 Å². The monoisotopic (exact) mass is 457 g/mol. The first-order valence-corrected chi connectivity index (χ1v) is 10.9. The number of amides is 2. The standard InChI is InChI=1S/C25H26F3N3O2/c1-17(22-11-4-7-18-6-2-3-10-23(18)22)29-15-21-16-33-13-12-31(21)24(32)30-20-9-5-8-19(14-20)25(26,27)28/h2-11,14,17,21,29H,12-13,15-16H2,1H3,(H,30,32)/t17-,21?/m1/s1. The number of hydrogen-bond donors (Lipinski definition) is 2. The van der Waals surface area contributed by atoms with Crippen LogP contribution in [-0.4, -0.2) is 43.3 Å². The van der Waals surface area contributed by atoms with Gasteiger partial charge in [-0.15, -0.1) is 0 Å². The second-order valence-corrected chi connectivity index (χ2v) is 8.13. The van der Waals surface area contributed by atoms with Gasteiger partial charge < -0.3 is 20.3 Å². The maximum absolute atomic E-state index is 13.0. The van der Waals surface area contributed by atoms with Gasteiger partial charge in [0.05, 0.1) is 24.8 Å². The zero-order chi connectivity index (χ0) is 23.4. The van der Waals surface area contributed by atoms with E-state index in [1.807, 2.05) is 18.2 Å². The summed E-state index contributed by atoms with van der Waals surface area (Å²) in [5.74, 6) is 0. The van der Waals surface area contributed by atoms with E-state index in [0.717, 1.165) is 23.1 Å². The van der Waals surface area contributed by atoms with E-state index in [2.05, 4.69) is 41.8 Å². The summed E-state index contributed by atoms with van der Waals surface area (Å²) in [6.07, 6.45) is -4.47. The summed E-state index contributed by atoms with van der Waals surface area (Å²) in [6.45, 7) is 3.65. The Labute approximate surface area is 190 Å². The lowest BCUT2D eigenvalue weighted by Crippen LogP contribution is -2.54. The van der Waals surface area contributed by atoms with E-state index < -0.39 is 17.8 Å². The fraction of sp³-hybridized carbons (Fsp3) is 0.320.